The molecular formula is C18H22N2O4S2. The Balaban J connectivity index is 2.46. The summed E-state index contributed by atoms with van der Waals surface area (Å²) >= 11 is 2.70. The van der Waals surface area contributed by atoms with E-state index in [-0.39, 0.29) is 30.7 Å². The first kappa shape index (κ1) is 20.1. The average Bonchev–Trinajstić information content (AvgIpc) is 3.19. The van der Waals surface area contributed by atoms with Crippen molar-refractivity contribution >= 4 is 46.7 Å². The van der Waals surface area contributed by atoms with Gasteiger partial charge in [0.2, 0.25) is 5.91 Å². The molecule has 6 nitrogen and oxygen atoms in total. The van der Waals surface area contributed by atoms with E-state index in [0.29, 0.717) is 9.20 Å². The van der Waals surface area contributed by atoms with E-state index in [0.717, 1.165) is 12.0 Å². The second-order valence-corrected chi connectivity index (χ2v) is 7.51. The maximum absolute atomic E-state index is 12.7. The molecule has 0 saturated heterocycles. The molecule has 0 aliphatic carbocycles. The lowest BCUT2D eigenvalue weighted by Gasteiger charge is -2.11. The van der Waals surface area contributed by atoms with E-state index in [2.05, 4.69) is 5.32 Å². The van der Waals surface area contributed by atoms with Crippen LogP contribution in [0.1, 0.15) is 32.8 Å². The highest BCUT2D eigenvalue weighted by Crippen LogP contribution is 2.05. The van der Waals surface area contributed by atoms with Gasteiger partial charge in [0.15, 0.2) is 0 Å². The second kappa shape index (κ2) is 9.49. The molecule has 2 rings (SSSR count). The van der Waals surface area contributed by atoms with Gasteiger partial charge in [-0.1, -0.05) is 6.92 Å². The van der Waals surface area contributed by atoms with Crippen LogP contribution >= 0.6 is 22.7 Å². The van der Waals surface area contributed by atoms with Crippen LogP contribution in [0.4, 0.5) is 0 Å². The summed E-state index contributed by atoms with van der Waals surface area (Å²) in [6.07, 6.45) is 3.81. The first-order chi connectivity index (χ1) is 12.4. The molecule has 0 saturated carbocycles. The number of carbonyl (C=O) groups excluding carboxylic acids is 2. The van der Waals surface area contributed by atoms with Crippen molar-refractivity contribution in [3.63, 3.8) is 0 Å². The topological polar surface area (TPSA) is 77.4 Å². The Morgan fingerprint density at radius 1 is 1.38 bits per heavy atom. The summed E-state index contributed by atoms with van der Waals surface area (Å²) in [5.41, 5.74) is 0.614. The fourth-order valence-electron chi connectivity index (χ4n) is 2.15. The number of hydrogen-bond acceptors (Lipinski definition) is 6. The van der Waals surface area contributed by atoms with Crippen LogP contribution in [0.5, 0.6) is 0 Å². The zero-order valence-corrected chi connectivity index (χ0v) is 16.6. The van der Waals surface area contributed by atoms with Crippen molar-refractivity contribution in [2.45, 2.75) is 39.8 Å². The van der Waals surface area contributed by atoms with Gasteiger partial charge in [-0.15, -0.1) is 11.3 Å². The van der Waals surface area contributed by atoms with Crippen LogP contribution in [0.15, 0.2) is 21.6 Å². The lowest BCUT2D eigenvalue weighted by atomic mass is 10.2. The number of carbonyl (C=O) groups is 2. The van der Waals surface area contributed by atoms with Gasteiger partial charge in [-0.2, -0.15) is 11.3 Å². The number of aromatic nitrogens is 1. The summed E-state index contributed by atoms with van der Waals surface area (Å²) < 4.78 is 7.11. The molecule has 0 fully saturated rings. The van der Waals surface area contributed by atoms with E-state index < -0.39 is 5.97 Å². The largest absolute Gasteiger partial charge is 0.463 e. The van der Waals surface area contributed by atoms with Crippen LogP contribution in [0.25, 0.3) is 12.2 Å². The second-order valence-electron chi connectivity index (χ2n) is 5.67. The van der Waals surface area contributed by atoms with Crippen molar-refractivity contribution in [2.24, 2.45) is 0 Å². The van der Waals surface area contributed by atoms with Crippen LogP contribution in [0.2, 0.25) is 0 Å². The molecular weight excluding hydrogens is 372 g/mol. The third-order valence-electron chi connectivity index (χ3n) is 3.63. The normalized spacial score (nSPS) is 13.7. The third-order valence-corrected chi connectivity index (χ3v) is 5.39. The number of nitrogens with zero attached hydrogens (tertiary/aromatic N) is 1. The first-order valence-corrected chi connectivity index (χ1v) is 10.1. The summed E-state index contributed by atoms with van der Waals surface area (Å²) in [5, 5.41) is 6.68. The van der Waals surface area contributed by atoms with Gasteiger partial charge in [-0.05, 0) is 48.7 Å². The summed E-state index contributed by atoms with van der Waals surface area (Å²) in [5.74, 6) is -0.799. The number of thiazole rings is 1. The molecule has 0 bridgehead atoms. The Labute approximate surface area is 159 Å². The number of hydrogen-bond donors (Lipinski definition) is 1. The summed E-state index contributed by atoms with van der Waals surface area (Å²) in [6, 6.07) is 1.92. The number of ether oxygens (including phenoxy) is 1. The predicted octanol–water partition coefficient (Wildman–Crippen LogP) is 1.06. The summed E-state index contributed by atoms with van der Waals surface area (Å²) in [4.78, 5) is 36.8. The molecule has 2 heterocycles. The van der Waals surface area contributed by atoms with Crippen LogP contribution in [0.3, 0.4) is 0 Å². The molecule has 0 aliphatic rings. The molecule has 1 amide bonds. The molecule has 0 spiro atoms. The zero-order valence-electron chi connectivity index (χ0n) is 15.0. The highest BCUT2D eigenvalue weighted by Gasteiger charge is 2.12. The number of rotatable bonds is 7. The van der Waals surface area contributed by atoms with Crippen molar-refractivity contribution in [2.75, 3.05) is 6.61 Å². The van der Waals surface area contributed by atoms with E-state index in [1.807, 2.05) is 30.7 Å². The predicted molar refractivity (Wildman–Crippen MR) is 105 cm³/mol. The van der Waals surface area contributed by atoms with Crippen molar-refractivity contribution in [3.05, 3.63) is 41.9 Å². The van der Waals surface area contributed by atoms with Crippen molar-refractivity contribution < 1.29 is 14.3 Å². The Hall–Kier alpha value is -2.19. The van der Waals surface area contributed by atoms with Crippen LogP contribution in [-0.2, 0) is 20.9 Å². The Morgan fingerprint density at radius 3 is 2.77 bits per heavy atom. The highest BCUT2D eigenvalue weighted by atomic mass is 32.1. The maximum Gasteiger partial charge on any atom is 0.333 e. The van der Waals surface area contributed by atoms with Crippen LogP contribution < -0.4 is 20.1 Å². The minimum absolute atomic E-state index is 0.0196. The van der Waals surface area contributed by atoms with E-state index in [4.69, 9.17) is 4.74 Å². The fourth-order valence-corrected chi connectivity index (χ4v) is 3.80. The fraction of sp³-hybridized carbons (Fsp3) is 0.389. The van der Waals surface area contributed by atoms with E-state index in [1.54, 1.807) is 13.0 Å². The third kappa shape index (κ3) is 5.40. The molecule has 140 valence electrons. The molecule has 1 N–H and O–H groups in total. The maximum atomic E-state index is 12.7. The number of thiophene rings is 1. The van der Waals surface area contributed by atoms with Gasteiger partial charge in [-0.3, -0.25) is 14.2 Å². The van der Waals surface area contributed by atoms with Crippen molar-refractivity contribution in [3.8, 4) is 0 Å². The zero-order chi connectivity index (χ0) is 19.1. The van der Waals surface area contributed by atoms with Gasteiger partial charge in [0.05, 0.1) is 17.2 Å². The summed E-state index contributed by atoms with van der Waals surface area (Å²) in [7, 11) is 0. The van der Waals surface area contributed by atoms with Gasteiger partial charge in [0, 0.05) is 6.04 Å². The molecule has 8 heteroatoms. The Bertz CT molecular complexity index is 926. The van der Waals surface area contributed by atoms with Crippen LogP contribution in [-0.4, -0.2) is 29.1 Å². The monoisotopic (exact) mass is 394 g/mol. The lowest BCUT2D eigenvalue weighted by Crippen LogP contribution is -2.41. The van der Waals surface area contributed by atoms with Crippen molar-refractivity contribution in [1.82, 2.24) is 9.88 Å². The smallest absolute Gasteiger partial charge is 0.333 e. The molecule has 0 unspecified atom stereocenters. The molecule has 0 aromatic carbocycles. The van der Waals surface area contributed by atoms with E-state index in [9.17, 15) is 14.4 Å². The van der Waals surface area contributed by atoms with E-state index >= 15 is 0 Å². The van der Waals surface area contributed by atoms with Gasteiger partial charge in [0.25, 0.3) is 5.56 Å². The molecule has 1 atom stereocenters. The Morgan fingerprint density at radius 2 is 2.15 bits per heavy atom. The summed E-state index contributed by atoms with van der Waals surface area (Å²) in [6.45, 7) is 5.68. The Kier molecular flexibility index (Phi) is 7.35. The number of nitrogens with one attached hydrogen (secondary N) is 1. The van der Waals surface area contributed by atoms with Gasteiger partial charge in [0.1, 0.15) is 11.2 Å². The minimum atomic E-state index is -0.535. The molecule has 2 aromatic rings. The van der Waals surface area contributed by atoms with Gasteiger partial charge < -0.3 is 10.1 Å². The van der Waals surface area contributed by atoms with Crippen molar-refractivity contribution in [1.29, 1.82) is 0 Å². The number of esters is 1. The number of amides is 1. The quantitative estimate of drug-likeness (QED) is 0.713. The van der Waals surface area contributed by atoms with Gasteiger partial charge >= 0.3 is 5.97 Å². The minimum Gasteiger partial charge on any atom is -0.463 e. The molecule has 0 aliphatic heterocycles. The highest BCUT2D eigenvalue weighted by molar-refractivity contribution is 7.08. The van der Waals surface area contributed by atoms with Gasteiger partial charge in [-0.25, -0.2) is 4.79 Å². The molecule has 26 heavy (non-hydrogen) atoms. The molecule has 2 aromatic heterocycles. The standard InChI is InChI=1S/C18H22N2O4S2/c1-4-12(3)19-15(21)10-20-16(9-17(22)24-5-2)26-14(18(20)23)8-13-6-7-25-11-13/h6-9,11-12H,4-5,10H2,1-3H3,(H,19,21)/b14-8-,16-9-/t12-/m1/s1. The first-order valence-electron chi connectivity index (χ1n) is 8.36. The lowest BCUT2D eigenvalue weighted by molar-refractivity contribution is -0.135. The SMILES string of the molecule is CCOC(=O)/C=c1\s/c(=C\c2ccsc2)c(=O)n1CC(=O)N[C@H](C)CC. The molecule has 0 radical (unpaired) electrons. The average molecular weight is 395 g/mol. The van der Waals surface area contributed by atoms with Crippen LogP contribution in [0, 0.1) is 0 Å². The van der Waals surface area contributed by atoms with E-state index in [1.165, 1.54) is 33.3 Å².